The number of hydrogen-bond acceptors (Lipinski definition) is 6. The molecule has 0 saturated carbocycles. The van der Waals surface area contributed by atoms with Crippen molar-refractivity contribution in [1.29, 1.82) is 0 Å². The first-order valence-corrected chi connectivity index (χ1v) is 15.0. The van der Waals surface area contributed by atoms with Gasteiger partial charge in [0, 0.05) is 12.8 Å². The summed E-state index contributed by atoms with van der Waals surface area (Å²) < 4.78 is 11.3. The fourth-order valence-corrected chi connectivity index (χ4v) is 4.48. The van der Waals surface area contributed by atoms with Crippen LogP contribution in [-0.4, -0.2) is 47.5 Å². The number of amides is 4. The summed E-state index contributed by atoms with van der Waals surface area (Å²) in [6.07, 6.45) is -0.448. The summed E-state index contributed by atoms with van der Waals surface area (Å²) in [6, 6.07) is 23.1. The molecule has 3 rings (SSSR count). The molecule has 3 aromatic carbocycles. The van der Waals surface area contributed by atoms with Crippen LogP contribution in [0, 0.1) is 5.92 Å². The Labute approximate surface area is 265 Å². The van der Waals surface area contributed by atoms with Crippen molar-refractivity contribution in [2.24, 2.45) is 11.7 Å². The van der Waals surface area contributed by atoms with Crippen LogP contribution in [0.1, 0.15) is 51.3 Å². The van der Waals surface area contributed by atoms with Crippen LogP contribution in [0.3, 0.4) is 0 Å². The van der Waals surface area contributed by atoms with Crippen LogP contribution in [0.5, 0.6) is 5.75 Å². The van der Waals surface area contributed by atoms with Gasteiger partial charge in [-0.3, -0.25) is 14.4 Å². The molecule has 0 aliphatic heterocycles. The second-order valence-electron chi connectivity index (χ2n) is 12.2. The first-order chi connectivity index (χ1) is 21.3. The van der Waals surface area contributed by atoms with Crippen molar-refractivity contribution in [1.82, 2.24) is 16.0 Å². The molecule has 10 heteroatoms. The molecular formula is C35H44N4O6. The van der Waals surface area contributed by atoms with Crippen molar-refractivity contribution in [3.05, 3.63) is 102 Å². The summed E-state index contributed by atoms with van der Waals surface area (Å²) in [5, 5.41) is 8.10. The van der Waals surface area contributed by atoms with E-state index in [0.29, 0.717) is 12.4 Å². The van der Waals surface area contributed by atoms with Gasteiger partial charge < -0.3 is 31.2 Å². The quantitative estimate of drug-likeness (QED) is 0.215. The van der Waals surface area contributed by atoms with E-state index in [9.17, 15) is 19.2 Å². The van der Waals surface area contributed by atoms with Crippen molar-refractivity contribution < 1.29 is 28.7 Å². The van der Waals surface area contributed by atoms with Gasteiger partial charge in [0.1, 0.15) is 36.1 Å². The van der Waals surface area contributed by atoms with E-state index in [2.05, 4.69) is 16.0 Å². The summed E-state index contributed by atoms with van der Waals surface area (Å²) in [5.74, 6) is -1.53. The van der Waals surface area contributed by atoms with Crippen molar-refractivity contribution in [2.75, 3.05) is 0 Å². The standard InChI is InChI=1S/C35H44N4O6/c1-23(2)30(33(42)37-28(31(36)40)20-24-12-8-6-9-13-24)39-32(41)29(38-34(43)45-35(3,4)5)21-25-16-18-27(19-17-25)44-22-26-14-10-7-11-15-26/h6-19,23,28-30H,20-22H2,1-5H3,(H2,36,40)(H,37,42)(H,38,43)(H,39,41)/t28-,29+,30-/m0/s1. The monoisotopic (exact) mass is 616 g/mol. The molecule has 3 atom stereocenters. The number of carbonyl (C=O) groups excluding carboxylic acids is 4. The Balaban J connectivity index is 1.73. The predicted octanol–water partition coefficient (Wildman–Crippen LogP) is 4.06. The number of rotatable bonds is 14. The Kier molecular flexibility index (Phi) is 12.5. The van der Waals surface area contributed by atoms with E-state index in [1.54, 1.807) is 46.8 Å². The van der Waals surface area contributed by atoms with Crippen LogP contribution in [-0.2, 0) is 38.6 Å². The van der Waals surface area contributed by atoms with Gasteiger partial charge in [0.2, 0.25) is 17.7 Å². The average molecular weight is 617 g/mol. The Morgan fingerprint density at radius 3 is 1.76 bits per heavy atom. The van der Waals surface area contributed by atoms with E-state index in [0.717, 1.165) is 16.7 Å². The van der Waals surface area contributed by atoms with E-state index in [-0.39, 0.29) is 18.8 Å². The van der Waals surface area contributed by atoms with Gasteiger partial charge in [-0.1, -0.05) is 86.6 Å². The number of ether oxygens (including phenoxy) is 2. The lowest BCUT2D eigenvalue weighted by molar-refractivity contribution is -0.133. The Bertz CT molecular complexity index is 1410. The Hall–Kier alpha value is -4.86. The highest BCUT2D eigenvalue weighted by atomic mass is 16.6. The van der Waals surface area contributed by atoms with E-state index >= 15 is 0 Å². The van der Waals surface area contributed by atoms with Gasteiger partial charge in [-0.2, -0.15) is 0 Å². The lowest BCUT2D eigenvalue weighted by Crippen LogP contribution is -2.58. The van der Waals surface area contributed by atoms with Gasteiger partial charge in [-0.15, -0.1) is 0 Å². The molecule has 0 saturated heterocycles. The van der Waals surface area contributed by atoms with Gasteiger partial charge in [0.25, 0.3) is 0 Å². The van der Waals surface area contributed by atoms with Crippen molar-refractivity contribution in [3.63, 3.8) is 0 Å². The number of benzene rings is 3. The van der Waals surface area contributed by atoms with E-state index in [1.165, 1.54) is 0 Å². The second-order valence-corrected chi connectivity index (χ2v) is 12.2. The smallest absolute Gasteiger partial charge is 0.408 e. The minimum atomic E-state index is -1.07. The van der Waals surface area contributed by atoms with Crippen molar-refractivity contribution in [3.8, 4) is 5.75 Å². The van der Waals surface area contributed by atoms with Gasteiger partial charge >= 0.3 is 6.09 Å². The third-order valence-electron chi connectivity index (χ3n) is 6.81. The number of carbonyl (C=O) groups is 4. The third-order valence-corrected chi connectivity index (χ3v) is 6.81. The van der Waals surface area contributed by atoms with Gasteiger partial charge in [0.15, 0.2) is 0 Å². The minimum absolute atomic E-state index is 0.119. The van der Waals surface area contributed by atoms with Crippen LogP contribution >= 0.6 is 0 Å². The maximum atomic E-state index is 13.6. The minimum Gasteiger partial charge on any atom is -0.489 e. The lowest BCUT2D eigenvalue weighted by Gasteiger charge is -2.27. The largest absolute Gasteiger partial charge is 0.489 e. The van der Waals surface area contributed by atoms with E-state index in [1.807, 2.05) is 72.8 Å². The Morgan fingerprint density at radius 2 is 1.22 bits per heavy atom. The molecule has 45 heavy (non-hydrogen) atoms. The Morgan fingerprint density at radius 1 is 0.689 bits per heavy atom. The summed E-state index contributed by atoms with van der Waals surface area (Å²) >= 11 is 0. The number of nitrogens with two attached hydrogens (primary N) is 1. The van der Waals surface area contributed by atoms with Crippen LogP contribution in [0.2, 0.25) is 0 Å². The van der Waals surface area contributed by atoms with E-state index < -0.39 is 47.5 Å². The summed E-state index contributed by atoms with van der Waals surface area (Å²) in [5.41, 5.74) is 7.42. The number of primary amides is 1. The molecule has 0 aliphatic carbocycles. The highest BCUT2D eigenvalue weighted by molar-refractivity contribution is 5.94. The molecule has 0 bridgehead atoms. The summed E-state index contributed by atoms with van der Waals surface area (Å²) in [7, 11) is 0. The zero-order valence-electron chi connectivity index (χ0n) is 26.5. The third kappa shape index (κ3) is 12.0. The topological polar surface area (TPSA) is 149 Å². The van der Waals surface area contributed by atoms with Crippen LogP contribution in [0.15, 0.2) is 84.9 Å². The zero-order valence-corrected chi connectivity index (χ0v) is 26.5. The number of hydrogen-bond donors (Lipinski definition) is 4. The van der Waals surface area contributed by atoms with Crippen molar-refractivity contribution in [2.45, 2.75) is 77.8 Å². The van der Waals surface area contributed by atoms with Crippen LogP contribution < -0.4 is 26.4 Å². The maximum Gasteiger partial charge on any atom is 0.408 e. The SMILES string of the molecule is CC(C)[C@H](NC(=O)[C@@H](Cc1ccc(OCc2ccccc2)cc1)NC(=O)OC(C)(C)C)C(=O)N[C@@H](Cc1ccccc1)C(N)=O. The van der Waals surface area contributed by atoms with Crippen molar-refractivity contribution >= 4 is 23.8 Å². The second kappa shape index (κ2) is 16.3. The van der Waals surface area contributed by atoms with Crippen LogP contribution in [0.25, 0.3) is 0 Å². The first kappa shape index (κ1) is 34.6. The highest BCUT2D eigenvalue weighted by Crippen LogP contribution is 2.17. The maximum absolute atomic E-state index is 13.6. The molecule has 3 aromatic rings. The molecular weight excluding hydrogens is 572 g/mol. The van der Waals surface area contributed by atoms with Crippen LogP contribution in [0.4, 0.5) is 4.79 Å². The molecule has 0 unspecified atom stereocenters. The number of alkyl carbamates (subject to hydrolysis) is 1. The number of nitrogens with one attached hydrogen (secondary N) is 3. The molecule has 5 N–H and O–H groups in total. The molecule has 0 aromatic heterocycles. The molecule has 240 valence electrons. The predicted molar refractivity (Wildman–Crippen MR) is 172 cm³/mol. The molecule has 0 radical (unpaired) electrons. The molecule has 0 heterocycles. The fourth-order valence-electron chi connectivity index (χ4n) is 4.48. The average Bonchev–Trinajstić information content (AvgIpc) is 2.98. The van der Waals surface area contributed by atoms with E-state index in [4.69, 9.17) is 15.2 Å². The molecule has 0 spiro atoms. The van der Waals surface area contributed by atoms with Gasteiger partial charge in [0.05, 0.1) is 0 Å². The first-order valence-electron chi connectivity index (χ1n) is 15.0. The molecule has 10 nitrogen and oxygen atoms in total. The molecule has 0 aliphatic rings. The van der Waals surface area contributed by atoms with Gasteiger partial charge in [-0.25, -0.2) is 4.79 Å². The molecule has 0 fully saturated rings. The normalized spacial score (nSPS) is 13.2. The molecule has 4 amide bonds. The lowest BCUT2D eigenvalue weighted by atomic mass is 9.99. The summed E-state index contributed by atoms with van der Waals surface area (Å²) in [6.45, 7) is 9.11. The summed E-state index contributed by atoms with van der Waals surface area (Å²) in [4.78, 5) is 51.9. The fraction of sp³-hybridized carbons (Fsp3) is 0.371. The highest BCUT2D eigenvalue weighted by Gasteiger charge is 2.32. The zero-order chi connectivity index (χ0) is 33.0. The van der Waals surface area contributed by atoms with Gasteiger partial charge in [-0.05, 0) is 55.5 Å².